The number of alkyl halides is 3. The zero-order valence-electron chi connectivity index (χ0n) is 17.4. The Kier molecular flexibility index (Phi) is 8.49. The van der Waals surface area contributed by atoms with Crippen molar-refractivity contribution in [2.45, 2.75) is 52.0 Å². The molecule has 0 aliphatic rings. The molecule has 1 aromatic carbocycles. The lowest BCUT2D eigenvalue weighted by molar-refractivity contribution is -0.138. The van der Waals surface area contributed by atoms with Gasteiger partial charge in [-0.05, 0) is 58.8 Å². The quantitative estimate of drug-likeness (QED) is 0.224. The number of benzene rings is 1. The molecule has 0 aliphatic heterocycles. The van der Waals surface area contributed by atoms with E-state index in [9.17, 15) is 13.2 Å². The predicted octanol–water partition coefficient (Wildman–Crippen LogP) is 7.43. The predicted molar refractivity (Wildman–Crippen MR) is 121 cm³/mol. The maximum atomic E-state index is 13.3. The summed E-state index contributed by atoms with van der Waals surface area (Å²) in [5, 5.41) is 4.61. The number of pyridine rings is 1. The molecule has 1 N–H and O–H groups in total. The standard InChI is InChI=1S/C19H18BrF3N4S.C2H6/c1-4-28-18-26-15-9-24-16(20)8-13(15)17(27-18)25-11(3)12-6-5-7-14(10(12)2)19(21,22)23;1-2/h5-9,11H,4H2,1-3H3,(H,25,26,27);1-2H3/t11-;/m1./s1. The fourth-order valence-electron chi connectivity index (χ4n) is 3.00. The number of thioether (sulfide) groups is 1. The molecule has 9 heteroatoms. The molecule has 0 unspecified atom stereocenters. The molecular formula is C21H24BrF3N4S. The summed E-state index contributed by atoms with van der Waals surface area (Å²) in [7, 11) is 0. The number of aromatic nitrogens is 3. The molecule has 0 bridgehead atoms. The minimum absolute atomic E-state index is 0.208. The van der Waals surface area contributed by atoms with E-state index >= 15 is 0 Å². The Balaban J connectivity index is 0.00000155. The van der Waals surface area contributed by atoms with E-state index in [-0.39, 0.29) is 11.6 Å². The van der Waals surface area contributed by atoms with E-state index in [2.05, 4.69) is 36.2 Å². The summed E-state index contributed by atoms with van der Waals surface area (Å²) in [5.74, 6) is 1.37. The Labute approximate surface area is 187 Å². The van der Waals surface area contributed by atoms with E-state index in [1.54, 1.807) is 18.3 Å². The number of anilines is 1. The lowest BCUT2D eigenvalue weighted by Gasteiger charge is -2.21. The normalized spacial score (nSPS) is 12.3. The molecule has 2 aromatic heterocycles. The first kappa shape index (κ1) is 24.4. The van der Waals surface area contributed by atoms with Gasteiger partial charge >= 0.3 is 6.18 Å². The van der Waals surface area contributed by atoms with Gasteiger partial charge in [-0.25, -0.2) is 15.0 Å². The number of nitrogens with one attached hydrogen (secondary N) is 1. The second kappa shape index (κ2) is 10.4. The topological polar surface area (TPSA) is 50.7 Å². The fourth-order valence-corrected chi connectivity index (χ4v) is 3.91. The molecule has 0 spiro atoms. The van der Waals surface area contributed by atoms with E-state index in [4.69, 9.17) is 0 Å². The molecule has 0 radical (unpaired) electrons. The summed E-state index contributed by atoms with van der Waals surface area (Å²) in [4.78, 5) is 13.3. The molecule has 0 saturated heterocycles. The van der Waals surface area contributed by atoms with E-state index in [1.165, 1.54) is 24.8 Å². The molecule has 0 saturated carbocycles. The number of hydrogen-bond acceptors (Lipinski definition) is 5. The minimum atomic E-state index is -4.39. The van der Waals surface area contributed by atoms with Gasteiger partial charge in [-0.1, -0.05) is 44.7 Å². The fraction of sp³-hybridized carbons (Fsp3) is 0.381. The molecule has 0 amide bonds. The van der Waals surface area contributed by atoms with Crippen LogP contribution in [0.25, 0.3) is 10.9 Å². The van der Waals surface area contributed by atoms with Gasteiger partial charge in [0.25, 0.3) is 0 Å². The van der Waals surface area contributed by atoms with Crippen LogP contribution in [0.5, 0.6) is 0 Å². The van der Waals surface area contributed by atoms with Gasteiger partial charge < -0.3 is 5.32 Å². The van der Waals surface area contributed by atoms with Crippen LogP contribution in [-0.4, -0.2) is 20.7 Å². The van der Waals surface area contributed by atoms with Crippen molar-refractivity contribution >= 4 is 44.4 Å². The Hall–Kier alpha value is -1.87. The van der Waals surface area contributed by atoms with Crippen LogP contribution in [0.15, 0.2) is 40.2 Å². The third kappa shape index (κ3) is 5.63. The minimum Gasteiger partial charge on any atom is -0.363 e. The van der Waals surface area contributed by atoms with Crippen LogP contribution < -0.4 is 5.32 Å². The Morgan fingerprint density at radius 3 is 2.53 bits per heavy atom. The molecule has 1 atom stereocenters. The third-order valence-electron chi connectivity index (χ3n) is 4.30. The van der Waals surface area contributed by atoms with Gasteiger partial charge in [0.2, 0.25) is 0 Å². The maximum Gasteiger partial charge on any atom is 0.416 e. The van der Waals surface area contributed by atoms with Crippen LogP contribution in [0.1, 0.15) is 50.4 Å². The first-order valence-corrected chi connectivity index (χ1v) is 11.4. The summed E-state index contributed by atoms with van der Waals surface area (Å²) in [6.45, 7) is 9.31. The van der Waals surface area contributed by atoms with E-state index in [1.807, 2.05) is 27.7 Å². The molecule has 162 valence electrons. The highest BCUT2D eigenvalue weighted by Gasteiger charge is 2.33. The molecule has 0 fully saturated rings. The number of hydrogen-bond donors (Lipinski definition) is 1. The van der Waals surface area contributed by atoms with E-state index in [0.717, 1.165) is 17.2 Å². The van der Waals surface area contributed by atoms with Crippen LogP contribution in [0.4, 0.5) is 19.0 Å². The van der Waals surface area contributed by atoms with Crippen LogP contribution >= 0.6 is 27.7 Å². The molecule has 2 heterocycles. The third-order valence-corrected chi connectivity index (χ3v) is 5.47. The average molecular weight is 501 g/mol. The van der Waals surface area contributed by atoms with E-state index in [0.29, 0.717) is 26.7 Å². The first-order chi connectivity index (χ1) is 14.2. The van der Waals surface area contributed by atoms with Crippen LogP contribution in [-0.2, 0) is 6.18 Å². The molecule has 4 nitrogen and oxygen atoms in total. The summed E-state index contributed by atoms with van der Waals surface area (Å²) < 4.78 is 40.4. The van der Waals surface area contributed by atoms with Gasteiger partial charge in [-0.15, -0.1) is 0 Å². The monoisotopic (exact) mass is 500 g/mol. The van der Waals surface area contributed by atoms with Crippen LogP contribution in [0.2, 0.25) is 0 Å². The van der Waals surface area contributed by atoms with E-state index < -0.39 is 11.7 Å². The molecule has 30 heavy (non-hydrogen) atoms. The maximum absolute atomic E-state index is 13.3. The van der Waals surface area contributed by atoms with Crippen molar-refractivity contribution < 1.29 is 13.2 Å². The molecule has 3 aromatic rings. The van der Waals surface area contributed by atoms with Crippen molar-refractivity contribution in [3.05, 3.63) is 51.8 Å². The number of halogens is 4. The van der Waals surface area contributed by atoms with Gasteiger partial charge in [0, 0.05) is 5.39 Å². The largest absolute Gasteiger partial charge is 0.416 e. The lowest BCUT2D eigenvalue weighted by atomic mass is 9.97. The summed E-state index contributed by atoms with van der Waals surface area (Å²) >= 11 is 4.84. The van der Waals surface area contributed by atoms with Crippen molar-refractivity contribution in [3.8, 4) is 0 Å². The second-order valence-electron chi connectivity index (χ2n) is 6.20. The molecular weight excluding hydrogens is 477 g/mol. The molecule has 0 aliphatic carbocycles. The van der Waals surface area contributed by atoms with Gasteiger partial charge in [0.05, 0.1) is 23.3 Å². The zero-order chi connectivity index (χ0) is 22.5. The Bertz CT molecular complexity index is 1010. The van der Waals surface area contributed by atoms with Crippen LogP contribution in [0.3, 0.4) is 0 Å². The van der Waals surface area contributed by atoms with Crippen molar-refractivity contribution in [3.63, 3.8) is 0 Å². The zero-order valence-corrected chi connectivity index (χ0v) is 19.8. The average Bonchev–Trinajstić information content (AvgIpc) is 2.69. The van der Waals surface area contributed by atoms with Crippen LogP contribution in [0, 0.1) is 6.92 Å². The highest BCUT2D eigenvalue weighted by Crippen LogP contribution is 2.36. The SMILES string of the molecule is CC.CCSc1nc(N[C@H](C)c2cccc(C(F)(F)F)c2C)c2cc(Br)ncc2n1. The van der Waals surface area contributed by atoms with Crippen molar-refractivity contribution in [1.82, 2.24) is 15.0 Å². The lowest BCUT2D eigenvalue weighted by Crippen LogP contribution is -2.14. The Morgan fingerprint density at radius 1 is 1.20 bits per heavy atom. The summed E-state index contributed by atoms with van der Waals surface area (Å²) in [6.07, 6.45) is -2.74. The van der Waals surface area contributed by atoms with Crippen molar-refractivity contribution in [2.24, 2.45) is 0 Å². The van der Waals surface area contributed by atoms with Gasteiger partial charge in [-0.2, -0.15) is 13.2 Å². The highest BCUT2D eigenvalue weighted by molar-refractivity contribution is 9.10. The number of rotatable bonds is 5. The second-order valence-corrected chi connectivity index (χ2v) is 8.24. The summed E-state index contributed by atoms with van der Waals surface area (Å²) in [6, 6.07) is 5.64. The molecule has 3 rings (SSSR count). The first-order valence-electron chi connectivity index (χ1n) is 9.60. The number of fused-ring (bicyclic) bond motifs is 1. The Morgan fingerprint density at radius 2 is 1.90 bits per heavy atom. The summed E-state index contributed by atoms with van der Waals surface area (Å²) in [5.41, 5.74) is 0.823. The van der Waals surface area contributed by atoms with Gasteiger partial charge in [-0.3, -0.25) is 0 Å². The smallest absolute Gasteiger partial charge is 0.363 e. The van der Waals surface area contributed by atoms with Crippen molar-refractivity contribution in [2.75, 3.05) is 11.1 Å². The van der Waals surface area contributed by atoms with Gasteiger partial charge in [0.15, 0.2) is 5.16 Å². The number of nitrogens with zero attached hydrogens (tertiary/aromatic N) is 3. The van der Waals surface area contributed by atoms with Crippen molar-refractivity contribution in [1.29, 1.82) is 0 Å². The highest BCUT2D eigenvalue weighted by atomic mass is 79.9. The van der Waals surface area contributed by atoms with Gasteiger partial charge in [0.1, 0.15) is 10.4 Å².